The number of halogens is 1. The molecule has 1 aromatic carbocycles. The maximum atomic E-state index is 13.3. The third-order valence-electron chi connectivity index (χ3n) is 6.20. The van der Waals surface area contributed by atoms with E-state index in [0.29, 0.717) is 32.4 Å². The van der Waals surface area contributed by atoms with Crippen LogP contribution in [0.5, 0.6) is 0 Å². The van der Waals surface area contributed by atoms with E-state index in [9.17, 15) is 14.6 Å². The number of aromatic nitrogens is 3. The van der Waals surface area contributed by atoms with E-state index in [1.807, 2.05) is 12.1 Å². The summed E-state index contributed by atoms with van der Waals surface area (Å²) in [6.07, 6.45) is 7.42. The van der Waals surface area contributed by atoms with E-state index in [4.69, 9.17) is 4.98 Å². The van der Waals surface area contributed by atoms with Crippen molar-refractivity contribution >= 4 is 5.69 Å². The molecule has 7 heteroatoms. The molecule has 2 aromatic heterocycles. The first kappa shape index (κ1) is 22.3. The minimum atomic E-state index is -0.994. The molecule has 1 aliphatic rings. The highest BCUT2D eigenvalue weighted by atomic mass is 19.1. The number of pyridine rings is 1. The van der Waals surface area contributed by atoms with Gasteiger partial charge in [0.25, 0.3) is 0 Å². The first-order chi connectivity index (χ1) is 15.4. The topological polar surface area (TPSA) is 82.4 Å². The molecule has 0 aliphatic carbocycles. The molecule has 0 unspecified atom stereocenters. The highest BCUT2D eigenvalue weighted by molar-refractivity contribution is 5.50. The number of aliphatic hydroxyl groups is 2. The lowest BCUT2D eigenvalue weighted by molar-refractivity contribution is -0.0325. The van der Waals surface area contributed by atoms with Crippen molar-refractivity contribution in [2.24, 2.45) is 0 Å². The smallest absolute Gasteiger partial charge is 0.123 e. The lowest BCUT2D eigenvalue weighted by Crippen LogP contribution is -2.46. The molecule has 0 radical (unpaired) electrons. The number of anilines is 1. The average molecular weight is 437 g/mol. The molecule has 3 aromatic rings. The van der Waals surface area contributed by atoms with Crippen molar-refractivity contribution < 1.29 is 14.6 Å². The third-order valence-corrected chi connectivity index (χ3v) is 6.20. The molecule has 3 heterocycles. The van der Waals surface area contributed by atoms with Gasteiger partial charge >= 0.3 is 0 Å². The Bertz CT molecular complexity index is 1020. The van der Waals surface area contributed by atoms with Crippen LogP contribution >= 0.6 is 0 Å². The minimum absolute atomic E-state index is 0.184. The van der Waals surface area contributed by atoms with Crippen molar-refractivity contribution in [2.45, 2.75) is 44.1 Å². The predicted molar refractivity (Wildman–Crippen MR) is 121 cm³/mol. The molecule has 0 spiro atoms. The fourth-order valence-corrected chi connectivity index (χ4v) is 4.18. The van der Waals surface area contributed by atoms with Crippen LogP contribution in [0.15, 0.2) is 55.0 Å². The van der Waals surface area contributed by atoms with Crippen LogP contribution in [-0.2, 0) is 12.8 Å². The molecule has 0 bridgehead atoms. The molecule has 6 nitrogen and oxygen atoms in total. The van der Waals surface area contributed by atoms with Crippen LogP contribution < -0.4 is 4.90 Å². The molecule has 4 rings (SSSR count). The second-order valence-electron chi connectivity index (χ2n) is 8.71. The molecule has 1 aliphatic heterocycles. The molecular formula is C25H29FN4O2. The average Bonchev–Trinajstić information content (AvgIpc) is 2.80. The number of rotatable bonds is 7. The van der Waals surface area contributed by atoms with Gasteiger partial charge in [-0.3, -0.25) is 15.0 Å². The van der Waals surface area contributed by atoms with Gasteiger partial charge in [-0.2, -0.15) is 0 Å². The number of nitrogens with zero attached hydrogens (tertiary/aromatic N) is 4. The Morgan fingerprint density at radius 1 is 1.06 bits per heavy atom. The zero-order valence-corrected chi connectivity index (χ0v) is 18.3. The van der Waals surface area contributed by atoms with Crippen LogP contribution in [0.4, 0.5) is 10.1 Å². The Morgan fingerprint density at radius 2 is 1.78 bits per heavy atom. The number of piperidine rings is 1. The number of hydrogen-bond acceptors (Lipinski definition) is 6. The molecule has 1 saturated heterocycles. The largest absolute Gasteiger partial charge is 0.393 e. The Morgan fingerprint density at radius 3 is 2.44 bits per heavy atom. The van der Waals surface area contributed by atoms with Gasteiger partial charge in [-0.15, -0.1) is 0 Å². The first-order valence-corrected chi connectivity index (χ1v) is 11.0. The first-order valence-electron chi connectivity index (χ1n) is 11.0. The number of hydrogen-bond donors (Lipinski definition) is 2. The number of benzene rings is 1. The van der Waals surface area contributed by atoms with Gasteiger partial charge in [0.15, 0.2) is 0 Å². The molecule has 0 saturated carbocycles. The SMILES string of the molecule is C[C@H](Cc1cc(N2CCC(O)(CO)CC2)cc(Cc2cnccn2)n1)c1ccc(F)cc1. The van der Waals surface area contributed by atoms with Gasteiger partial charge in [-0.05, 0) is 55.0 Å². The predicted octanol–water partition coefficient (Wildman–Crippen LogP) is 3.27. The zero-order valence-electron chi connectivity index (χ0n) is 18.3. The maximum absolute atomic E-state index is 13.3. The van der Waals surface area contributed by atoms with Crippen LogP contribution in [0, 0.1) is 5.82 Å². The van der Waals surface area contributed by atoms with E-state index in [1.165, 1.54) is 12.1 Å². The fraction of sp³-hybridized carbons (Fsp3) is 0.400. The summed E-state index contributed by atoms with van der Waals surface area (Å²) in [6, 6.07) is 10.8. The highest BCUT2D eigenvalue weighted by Crippen LogP contribution is 2.29. The quantitative estimate of drug-likeness (QED) is 0.592. The summed E-state index contributed by atoms with van der Waals surface area (Å²) in [5.74, 6) is -0.0520. The fourth-order valence-electron chi connectivity index (χ4n) is 4.18. The van der Waals surface area contributed by atoms with E-state index in [0.717, 1.165) is 34.8 Å². The van der Waals surface area contributed by atoms with Gasteiger partial charge in [-0.1, -0.05) is 19.1 Å². The van der Waals surface area contributed by atoms with E-state index in [1.54, 1.807) is 18.6 Å². The van der Waals surface area contributed by atoms with Gasteiger partial charge in [0, 0.05) is 55.2 Å². The summed E-state index contributed by atoms with van der Waals surface area (Å²) in [5, 5.41) is 19.9. The molecule has 0 amide bonds. The molecule has 1 fully saturated rings. The van der Waals surface area contributed by atoms with Crippen molar-refractivity contribution in [1.29, 1.82) is 0 Å². The van der Waals surface area contributed by atoms with Gasteiger partial charge in [0.2, 0.25) is 0 Å². The van der Waals surface area contributed by atoms with E-state index in [2.05, 4.69) is 33.9 Å². The van der Waals surface area contributed by atoms with Crippen molar-refractivity contribution in [2.75, 3.05) is 24.6 Å². The van der Waals surface area contributed by atoms with Crippen LogP contribution in [-0.4, -0.2) is 50.5 Å². The monoisotopic (exact) mass is 436 g/mol. The van der Waals surface area contributed by atoms with Gasteiger partial charge in [-0.25, -0.2) is 4.39 Å². The van der Waals surface area contributed by atoms with Crippen molar-refractivity contribution in [1.82, 2.24) is 15.0 Å². The summed E-state index contributed by atoms with van der Waals surface area (Å²) >= 11 is 0. The van der Waals surface area contributed by atoms with Crippen molar-refractivity contribution in [3.05, 3.63) is 83.5 Å². The van der Waals surface area contributed by atoms with E-state index >= 15 is 0 Å². The number of aliphatic hydroxyl groups excluding tert-OH is 1. The molecule has 2 N–H and O–H groups in total. The minimum Gasteiger partial charge on any atom is -0.393 e. The summed E-state index contributed by atoms with van der Waals surface area (Å²) < 4.78 is 13.3. The van der Waals surface area contributed by atoms with Crippen molar-refractivity contribution in [3.8, 4) is 0 Å². The van der Waals surface area contributed by atoms with E-state index < -0.39 is 5.60 Å². The lowest BCUT2D eigenvalue weighted by Gasteiger charge is -2.38. The molecular weight excluding hydrogens is 407 g/mol. The Labute approximate surface area is 187 Å². The molecule has 1 atom stereocenters. The van der Waals surface area contributed by atoms with Gasteiger partial charge in [0.1, 0.15) is 5.82 Å². The Balaban J connectivity index is 1.59. The Kier molecular flexibility index (Phi) is 6.77. The lowest BCUT2D eigenvalue weighted by atomic mass is 9.92. The second kappa shape index (κ2) is 9.71. The normalized spacial score (nSPS) is 16.7. The van der Waals surface area contributed by atoms with E-state index in [-0.39, 0.29) is 18.3 Å². The van der Waals surface area contributed by atoms with Crippen LogP contribution in [0.2, 0.25) is 0 Å². The summed E-state index contributed by atoms with van der Waals surface area (Å²) in [6.45, 7) is 3.24. The van der Waals surface area contributed by atoms with Crippen LogP contribution in [0.1, 0.15) is 48.3 Å². The Hall–Kier alpha value is -2.90. The summed E-state index contributed by atoms with van der Waals surface area (Å²) in [7, 11) is 0. The van der Waals surface area contributed by atoms with Crippen LogP contribution in [0.3, 0.4) is 0 Å². The third kappa shape index (κ3) is 5.47. The van der Waals surface area contributed by atoms with Gasteiger partial charge in [0.05, 0.1) is 17.9 Å². The summed E-state index contributed by atoms with van der Waals surface area (Å²) in [4.78, 5) is 15.7. The maximum Gasteiger partial charge on any atom is 0.123 e. The molecule has 168 valence electrons. The van der Waals surface area contributed by atoms with Crippen LogP contribution in [0.25, 0.3) is 0 Å². The second-order valence-corrected chi connectivity index (χ2v) is 8.71. The van der Waals surface area contributed by atoms with Crippen molar-refractivity contribution in [3.63, 3.8) is 0 Å². The summed E-state index contributed by atoms with van der Waals surface area (Å²) in [5.41, 5.74) is 3.85. The highest BCUT2D eigenvalue weighted by Gasteiger charge is 2.31. The molecule has 32 heavy (non-hydrogen) atoms. The standard InChI is InChI=1S/C25H29FN4O2/c1-18(19-2-4-20(26)5-3-19)12-21-14-24(30-10-6-25(32,17-31)7-11-30)15-22(29-21)13-23-16-27-8-9-28-23/h2-5,8-9,14-16,18,31-32H,6-7,10-13,17H2,1H3/t18-/m1/s1. The zero-order chi connectivity index (χ0) is 22.6. The van der Waals surface area contributed by atoms with Gasteiger partial charge < -0.3 is 15.1 Å².